The van der Waals surface area contributed by atoms with Gasteiger partial charge in [0, 0.05) is 0 Å². The molecule has 156 valence electrons. The number of hydrogen-bond donors (Lipinski definition) is 1. The maximum absolute atomic E-state index is 6.91. The van der Waals surface area contributed by atoms with E-state index in [1.54, 1.807) is 6.33 Å². The molecular formula is C22H21N5O3Sn. The van der Waals surface area contributed by atoms with Crippen LogP contribution < -0.4 is 12.9 Å². The van der Waals surface area contributed by atoms with Gasteiger partial charge in [-0.15, -0.1) is 0 Å². The van der Waals surface area contributed by atoms with Crippen molar-refractivity contribution in [2.45, 2.75) is 24.9 Å². The molecule has 2 aliphatic rings. The average molecular weight is 522 g/mol. The minimum atomic E-state index is -3.80. The number of hydrogen-bond acceptors (Lipinski definition) is 7. The van der Waals surface area contributed by atoms with Gasteiger partial charge in [0.15, 0.2) is 0 Å². The molecule has 0 aliphatic carbocycles. The molecule has 0 spiro atoms. The Morgan fingerprint density at radius 1 is 0.903 bits per heavy atom. The van der Waals surface area contributed by atoms with E-state index in [2.05, 4.69) is 39.2 Å². The van der Waals surface area contributed by atoms with Crippen molar-refractivity contribution in [3.8, 4) is 0 Å². The van der Waals surface area contributed by atoms with Crippen molar-refractivity contribution < 1.29 is 10.9 Å². The number of aromatic nitrogens is 4. The van der Waals surface area contributed by atoms with Crippen LogP contribution in [-0.4, -0.2) is 57.5 Å². The number of fused-ring (bicyclic) bond motifs is 2. The zero-order chi connectivity index (χ0) is 20.8. The van der Waals surface area contributed by atoms with E-state index >= 15 is 0 Å². The third-order valence-corrected chi connectivity index (χ3v) is 15.6. The Hall–Kier alpha value is -2.53. The molecule has 0 saturated carbocycles. The molecule has 31 heavy (non-hydrogen) atoms. The Morgan fingerprint density at radius 3 is 2.32 bits per heavy atom. The molecule has 0 bridgehead atoms. The van der Waals surface area contributed by atoms with Crippen molar-refractivity contribution in [1.82, 2.24) is 19.5 Å². The monoisotopic (exact) mass is 523 g/mol. The maximum atomic E-state index is 6.91. The van der Waals surface area contributed by atoms with E-state index in [4.69, 9.17) is 16.6 Å². The van der Waals surface area contributed by atoms with Gasteiger partial charge in [0.25, 0.3) is 0 Å². The minimum absolute atomic E-state index is 0.0633. The van der Waals surface area contributed by atoms with Crippen LogP contribution in [-0.2, 0) is 10.9 Å². The predicted molar refractivity (Wildman–Crippen MR) is 117 cm³/mol. The first kappa shape index (κ1) is 19.2. The van der Waals surface area contributed by atoms with Gasteiger partial charge in [0.05, 0.1) is 0 Å². The fourth-order valence-corrected chi connectivity index (χ4v) is 14.0. The van der Waals surface area contributed by atoms with Crippen LogP contribution in [0.3, 0.4) is 0 Å². The Bertz CT molecular complexity index is 1180. The summed E-state index contributed by atoms with van der Waals surface area (Å²) >= 11 is -3.80. The Labute approximate surface area is 184 Å². The quantitative estimate of drug-likeness (QED) is 0.406. The number of benzene rings is 2. The summed E-state index contributed by atoms with van der Waals surface area (Å²) in [6, 6.07) is 20.7. The second kappa shape index (κ2) is 7.56. The fraction of sp³-hybridized carbons (Fsp3) is 0.227. The second-order valence-corrected chi connectivity index (χ2v) is 16.1. The molecule has 0 amide bonds. The summed E-state index contributed by atoms with van der Waals surface area (Å²) in [4.78, 5) is 12.8. The van der Waals surface area contributed by atoms with Crippen molar-refractivity contribution in [3.63, 3.8) is 0 Å². The van der Waals surface area contributed by atoms with Crippen LogP contribution >= 0.6 is 0 Å². The van der Waals surface area contributed by atoms with Gasteiger partial charge in [-0.25, -0.2) is 0 Å². The SMILES string of the molecule is Nc1ncnc2c1ncn2[C@@H]1C[C@@H]2[O][Sn]([c]3ccccc3)([c]3ccccc3)[O]C[C@H]2O1. The van der Waals surface area contributed by atoms with E-state index in [9.17, 15) is 0 Å². The molecule has 3 atom stereocenters. The molecule has 4 aromatic rings. The number of nitrogens with zero attached hydrogens (tertiary/aromatic N) is 4. The Kier molecular flexibility index (Phi) is 4.67. The normalized spacial score (nSPS) is 24.8. The van der Waals surface area contributed by atoms with Crippen molar-refractivity contribution in [2.24, 2.45) is 0 Å². The van der Waals surface area contributed by atoms with E-state index in [0.29, 0.717) is 30.0 Å². The molecule has 2 N–H and O–H groups in total. The molecule has 0 radical (unpaired) electrons. The average Bonchev–Trinajstić information content (AvgIpc) is 3.44. The molecule has 2 aliphatic heterocycles. The topological polar surface area (TPSA) is 97.3 Å². The van der Waals surface area contributed by atoms with Gasteiger partial charge in [0.1, 0.15) is 0 Å². The van der Waals surface area contributed by atoms with E-state index in [0.717, 1.165) is 0 Å². The van der Waals surface area contributed by atoms with E-state index in [1.165, 1.54) is 13.5 Å². The van der Waals surface area contributed by atoms with Crippen molar-refractivity contribution in [3.05, 3.63) is 73.3 Å². The first-order valence-electron chi connectivity index (χ1n) is 10.3. The van der Waals surface area contributed by atoms with Gasteiger partial charge in [-0.05, 0) is 0 Å². The van der Waals surface area contributed by atoms with Gasteiger partial charge in [0.2, 0.25) is 0 Å². The Balaban J connectivity index is 1.35. The van der Waals surface area contributed by atoms with Crippen molar-refractivity contribution >= 4 is 43.3 Å². The van der Waals surface area contributed by atoms with Gasteiger partial charge in [-0.2, -0.15) is 0 Å². The second-order valence-electron chi connectivity index (χ2n) is 7.76. The number of ether oxygens (including phenoxy) is 1. The first-order chi connectivity index (χ1) is 15.2. The van der Waals surface area contributed by atoms with E-state index < -0.39 is 19.2 Å². The van der Waals surface area contributed by atoms with Crippen molar-refractivity contribution in [2.75, 3.05) is 12.3 Å². The van der Waals surface area contributed by atoms with Crippen LogP contribution in [0.5, 0.6) is 0 Å². The van der Waals surface area contributed by atoms with Crippen molar-refractivity contribution in [1.29, 1.82) is 0 Å². The summed E-state index contributed by atoms with van der Waals surface area (Å²) in [6.45, 7) is 0.505. The molecule has 6 rings (SSSR count). The number of nitrogens with two attached hydrogens (primary N) is 1. The first-order valence-corrected chi connectivity index (χ1v) is 15.4. The van der Waals surface area contributed by atoms with Crippen LogP contribution in [0.25, 0.3) is 11.2 Å². The van der Waals surface area contributed by atoms with E-state index in [-0.39, 0.29) is 18.4 Å². The van der Waals surface area contributed by atoms with Crippen LogP contribution in [0.2, 0.25) is 0 Å². The summed E-state index contributed by atoms with van der Waals surface area (Å²) in [5.74, 6) is 0.363. The zero-order valence-corrected chi connectivity index (χ0v) is 19.5. The predicted octanol–water partition coefficient (Wildman–Crippen LogP) is 1.37. The number of nitrogen functional groups attached to an aromatic ring is 1. The summed E-state index contributed by atoms with van der Waals surface area (Å²) in [5, 5.41) is 0. The van der Waals surface area contributed by atoms with Crippen LogP contribution in [0, 0.1) is 0 Å². The van der Waals surface area contributed by atoms with Crippen LogP contribution in [0.1, 0.15) is 12.6 Å². The van der Waals surface area contributed by atoms with Gasteiger partial charge in [-0.3, -0.25) is 0 Å². The standard InChI is InChI=1S/C10H11N5O3.2C6H5.Sn/c11-9-8-10(13-3-12-9)15(4-14-8)7-1-5(17)6(2-16)18-7;2*1-2-4-6-5-3-1;/h3-7H,1-2H2,(H2,11,12,13);2*1-5H;/q-2;;;+2/t5-,6+,7-;;;/m0.../s1. The molecule has 2 saturated heterocycles. The van der Waals surface area contributed by atoms with Gasteiger partial charge in [-0.1, -0.05) is 0 Å². The zero-order valence-electron chi connectivity index (χ0n) is 16.7. The van der Waals surface area contributed by atoms with Gasteiger partial charge >= 0.3 is 184 Å². The van der Waals surface area contributed by atoms with Gasteiger partial charge < -0.3 is 0 Å². The summed E-state index contributed by atoms with van der Waals surface area (Å²) in [7, 11) is 0. The molecule has 2 fully saturated rings. The summed E-state index contributed by atoms with van der Waals surface area (Å²) in [6.07, 6.45) is 3.41. The summed E-state index contributed by atoms with van der Waals surface area (Å²) < 4.78 is 24.1. The van der Waals surface area contributed by atoms with Crippen LogP contribution in [0.15, 0.2) is 73.3 Å². The number of imidazole rings is 1. The molecule has 4 heterocycles. The molecule has 8 nitrogen and oxygen atoms in total. The van der Waals surface area contributed by atoms with E-state index in [1.807, 2.05) is 41.0 Å². The molecule has 2 aromatic heterocycles. The number of anilines is 1. The molecule has 0 unspecified atom stereocenters. The fourth-order valence-electron chi connectivity index (χ4n) is 4.46. The molecule has 9 heteroatoms. The molecule has 2 aromatic carbocycles. The third-order valence-electron chi connectivity index (χ3n) is 5.95. The summed E-state index contributed by atoms with van der Waals surface area (Å²) in [5.41, 5.74) is 7.19. The number of rotatable bonds is 3. The molecular weight excluding hydrogens is 501 g/mol. The van der Waals surface area contributed by atoms with Crippen LogP contribution in [0.4, 0.5) is 5.82 Å². The third kappa shape index (κ3) is 3.13. The Morgan fingerprint density at radius 2 is 1.61 bits per heavy atom.